The van der Waals surface area contributed by atoms with E-state index in [4.69, 9.17) is 9.26 Å². The van der Waals surface area contributed by atoms with Crippen molar-refractivity contribution in [3.05, 3.63) is 17.5 Å². The molecule has 17 heavy (non-hydrogen) atoms. The van der Waals surface area contributed by atoms with Crippen molar-refractivity contribution < 1.29 is 9.26 Å². The Balaban J connectivity index is 1.48. The second-order valence-electron chi connectivity index (χ2n) is 4.83. The van der Waals surface area contributed by atoms with Crippen LogP contribution in [-0.2, 0) is 17.8 Å². The minimum atomic E-state index is 0.717. The van der Waals surface area contributed by atoms with E-state index in [1.807, 2.05) is 0 Å². The molecule has 1 aromatic heterocycles. The van der Waals surface area contributed by atoms with Crippen LogP contribution in [0.25, 0.3) is 0 Å². The van der Waals surface area contributed by atoms with Crippen molar-refractivity contribution in [2.45, 2.75) is 32.0 Å². The third-order valence-corrected chi connectivity index (χ3v) is 3.24. The van der Waals surface area contributed by atoms with Crippen LogP contribution in [0.2, 0.25) is 0 Å². The summed E-state index contributed by atoms with van der Waals surface area (Å²) in [5, 5.41) is 7.52. The van der Waals surface area contributed by atoms with Crippen LogP contribution in [-0.4, -0.2) is 42.4 Å². The molecule has 5 heteroatoms. The number of rotatable bonds is 5. The maximum absolute atomic E-state index is 5.35. The van der Waals surface area contributed by atoms with Gasteiger partial charge < -0.3 is 14.6 Å². The summed E-state index contributed by atoms with van der Waals surface area (Å²) in [6, 6.07) is 2.78. The monoisotopic (exact) mass is 237 g/mol. The molecule has 0 bridgehead atoms. The Morgan fingerprint density at radius 2 is 2.18 bits per heavy atom. The van der Waals surface area contributed by atoms with Crippen LogP contribution in [0.4, 0.5) is 0 Å². The molecular formula is C12H19N3O2. The SMILES string of the molecule is c1c(CNC2CC2)noc1CN1CCOCC1. The molecular weight excluding hydrogens is 218 g/mol. The first-order valence-electron chi connectivity index (χ1n) is 6.38. The standard InChI is InChI=1S/C12H19N3O2/c1-2-10(1)13-8-11-7-12(17-14-11)9-15-3-5-16-6-4-15/h7,10,13H,1-6,8-9H2. The van der Waals surface area contributed by atoms with Crippen LogP contribution in [0.15, 0.2) is 10.6 Å². The Kier molecular flexibility index (Phi) is 3.40. The van der Waals surface area contributed by atoms with E-state index < -0.39 is 0 Å². The van der Waals surface area contributed by atoms with E-state index in [9.17, 15) is 0 Å². The highest BCUT2D eigenvalue weighted by Crippen LogP contribution is 2.19. The number of nitrogens with one attached hydrogen (secondary N) is 1. The van der Waals surface area contributed by atoms with Crippen LogP contribution in [0, 0.1) is 0 Å². The van der Waals surface area contributed by atoms with Gasteiger partial charge in [-0.3, -0.25) is 4.90 Å². The van der Waals surface area contributed by atoms with E-state index in [2.05, 4.69) is 21.4 Å². The van der Waals surface area contributed by atoms with Gasteiger partial charge in [-0.2, -0.15) is 0 Å². The fraction of sp³-hybridized carbons (Fsp3) is 0.750. The molecule has 1 aliphatic heterocycles. The molecule has 0 amide bonds. The lowest BCUT2D eigenvalue weighted by molar-refractivity contribution is 0.0305. The molecule has 1 saturated carbocycles. The first-order valence-corrected chi connectivity index (χ1v) is 6.38. The van der Waals surface area contributed by atoms with Gasteiger partial charge in [-0.1, -0.05) is 5.16 Å². The number of ether oxygens (including phenoxy) is 1. The average molecular weight is 237 g/mol. The predicted molar refractivity (Wildman–Crippen MR) is 62.5 cm³/mol. The normalized spacial score (nSPS) is 21.9. The summed E-state index contributed by atoms with van der Waals surface area (Å²) >= 11 is 0. The summed E-state index contributed by atoms with van der Waals surface area (Å²) < 4.78 is 10.7. The molecule has 0 aromatic carbocycles. The van der Waals surface area contributed by atoms with E-state index in [0.717, 1.165) is 56.9 Å². The smallest absolute Gasteiger partial charge is 0.151 e. The van der Waals surface area contributed by atoms with Crippen molar-refractivity contribution >= 4 is 0 Å². The van der Waals surface area contributed by atoms with Gasteiger partial charge >= 0.3 is 0 Å². The number of morpholine rings is 1. The van der Waals surface area contributed by atoms with Crippen molar-refractivity contribution in [3.8, 4) is 0 Å². The van der Waals surface area contributed by atoms with Crippen LogP contribution in [0.3, 0.4) is 0 Å². The zero-order chi connectivity index (χ0) is 11.5. The van der Waals surface area contributed by atoms with E-state index in [1.165, 1.54) is 12.8 Å². The van der Waals surface area contributed by atoms with Crippen molar-refractivity contribution in [1.82, 2.24) is 15.4 Å². The van der Waals surface area contributed by atoms with Gasteiger partial charge in [0.05, 0.1) is 25.5 Å². The maximum Gasteiger partial charge on any atom is 0.151 e. The Morgan fingerprint density at radius 1 is 1.35 bits per heavy atom. The second-order valence-corrected chi connectivity index (χ2v) is 4.83. The Morgan fingerprint density at radius 3 is 2.94 bits per heavy atom. The Hall–Kier alpha value is -0.910. The van der Waals surface area contributed by atoms with E-state index in [0.29, 0.717) is 0 Å². The second kappa shape index (κ2) is 5.16. The van der Waals surface area contributed by atoms with Gasteiger partial charge in [0, 0.05) is 31.7 Å². The lowest BCUT2D eigenvalue weighted by Gasteiger charge is -2.25. The Bertz CT molecular complexity index is 356. The minimum Gasteiger partial charge on any atom is -0.379 e. The van der Waals surface area contributed by atoms with Gasteiger partial charge in [-0.25, -0.2) is 0 Å². The quantitative estimate of drug-likeness (QED) is 0.819. The summed E-state index contributed by atoms with van der Waals surface area (Å²) in [6.07, 6.45) is 2.61. The summed E-state index contributed by atoms with van der Waals surface area (Å²) in [5.41, 5.74) is 1.01. The lowest BCUT2D eigenvalue weighted by atomic mass is 10.3. The molecule has 1 aliphatic carbocycles. The maximum atomic E-state index is 5.35. The molecule has 2 aliphatic rings. The summed E-state index contributed by atoms with van der Waals surface area (Å²) in [7, 11) is 0. The summed E-state index contributed by atoms with van der Waals surface area (Å²) in [4.78, 5) is 2.34. The highest BCUT2D eigenvalue weighted by molar-refractivity contribution is 5.05. The molecule has 0 spiro atoms. The molecule has 1 N–H and O–H groups in total. The lowest BCUT2D eigenvalue weighted by Crippen LogP contribution is -2.35. The third-order valence-electron chi connectivity index (χ3n) is 3.24. The highest BCUT2D eigenvalue weighted by Gasteiger charge is 2.21. The summed E-state index contributed by atoms with van der Waals surface area (Å²) in [5.74, 6) is 0.958. The first kappa shape index (κ1) is 11.2. The number of hydrogen-bond donors (Lipinski definition) is 1. The van der Waals surface area contributed by atoms with Gasteiger partial charge in [0.25, 0.3) is 0 Å². The highest BCUT2D eigenvalue weighted by atomic mass is 16.5. The number of hydrogen-bond acceptors (Lipinski definition) is 5. The zero-order valence-corrected chi connectivity index (χ0v) is 10.0. The third kappa shape index (κ3) is 3.28. The van der Waals surface area contributed by atoms with Gasteiger partial charge in [0.2, 0.25) is 0 Å². The van der Waals surface area contributed by atoms with E-state index in [-0.39, 0.29) is 0 Å². The topological polar surface area (TPSA) is 50.5 Å². The first-order chi connectivity index (χ1) is 8.40. The largest absolute Gasteiger partial charge is 0.379 e. The van der Waals surface area contributed by atoms with Gasteiger partial charge in [0.15, 0.2) is 5.76 Å². The van der Waals surface area contributed by atoms with E-state index in [1.54, 1.807) is 0 Å². The van der Waals surface area contributed by atoms with Crippen LogP contribution in [0.1, 0.15) is 24.3 Å². The van der Waals surface area contributed by atoms with Crippen molar-refractivity contribution in [2.24, 2.45) is 0 Å². The van der Waals surface area contributed by atoms with Crippen LogP contribution >= 0.6 is 0 Å². The minimum absolute atomic E-state index is 0.717. The van der Waals surface area contributed by atoms with Crippen LogP contribution < -0.4 is 5.32 Å². The fourth-order valence-electron chi connectivity index (χ4n) is 2.03. The van der Waals surface area contributed by atoms with E-state index >= 15 is 0 Å². The molecule has 94 valence electrons. The zero-order valence-electron chi connectivity index (χ0n) is 10.0. The molecule has 1 aromatic rings. The molecule has 1 saturated heterocycles. The molecule has 0 radical (unpaired) electrons. The van der Waals surface area contributed by atoms with Crippen molar-refractivity contribution in [3.63, 3.8) is 0 Å². The van der Waals surface area contributed by atoms with Gasteiger partial charge in [-0.15, -0.1) is 0 Å². The summed E-state index contributed by atoms with van der Waals surface area (Å²) in [6.45, 7) is 5.29. The molecule has 2 heterocycles. The average Bonchev–Trinajstić information content (AvgIpc) is 3.09. The molecule has 3 rings (SSSR count). The molecule has 0 atom stereocenters. The van der Waals surface area contributed by atoms with Crippen LogP contribution in [0.5, 0.6) is 0 Å². The number of aromatic nitrogens is 1. The predicted octanol–water partition coefficient (Wildman–Crippen LogP) is 0.759. The fourth-order valence-corrected chi connectivity index (χ4v) is 2.03. The van der Waals surface area contributed by atoms with Crippen molar-refractivity contribution in [1.29, 1.82) is 0 Å². The van der Waals surface area contributed by atoms with Crippen molar-refractivity contribution in [2.75, 3.05) is 26.3 Å². The Labute approximate surface area is 101 Å². The molecule has 5 nitrogen and oxygen atoms in total. The van der Waals surface area contributed by atoms with Gasteiger partial charge in [0.1, 0.15) is 0 Å². The van der Waals surface area contributed by atoms with Gasteiger partial charge in [-0.05, 0) is 12.8 Å². The molecule has 0 unspecified atom stereocenters. The number of nitrogens with zero attached hydrogens (tertiary/aromatic N) is 2. The molecule has 2 fully saturated rings.